The van der Waals surface area contributed by atoms with Crippen molar-refractivity contribution in [3.8, 4) is 0 Å². The van der Waals surface area contributed by atoms with Crippen LogP contribution in [0.4, 0.5) is 0 Å². The van der Waals surface area contributed by atoms with Gasteiger partial charge in [-0.2, -0.15) is 0 Å². The average molecular weight is 276 g/mol. The van der Waals surface area contributed by atoms with Crippen LogP contribution in [0.15, 0.2) is 35.5 Å². The number of likely N-dealkylation sites (N-methyl/N-ethyl adjacent to an activating group) is 1. The van der Waals surface area contributed by atoms with Gasteiger partial charge in [-0.25, -0.2) is 0 Å². The van der Waals surface area contributed by atoms with Crippen LogP contribution in [0.25, 0.3) is 0 Å². The number of hydrogen-bond acceptors (Lipinski definition) is 4. The molecular formula is C16H24N2O2. The van der Waals surface area contributed by atoms with Crippen molar-refractivity contribution in [2.45, 2.75) is 38.9 Å². The molecule has 1 N–H and O–H groups in total. The minimum absolute atomic E-state index is 0.0764. The zero-order valence-corrected chi connectivity index (χ0v) is 12.5. The van der Waals surface area contributed by atoms with Crippen molar-refractivity contribution in [3.63, 3.8) is 0 Å². The number of oxime groups is 1. The second-order valence-corrected chi connectivity index (χ2v) is 5.98. The number of benzene rings is 1. The summed E-state index contributed by atoms with van der Waals surface area (Å²) in [5.41, 5.74) is 1.45. The highest BCUT2D eigenvalue weighted by Crippen LogP contribution is 2.18. The molecule has 0 radical (unpaired) electrons. The predicted octanol–water partition coefficient (Wildman–Crippen LogP) is 2.27. The van der Waals surface area contributed by atoms with Gasteiger partial charge in [-0.1, -0.05) is 42.4 Å². The highest BCUT2D eigenvalue weighted by Gasteiger charge is 2.26. The van der Waals surface area contributed by atoms with Gasteiger partial charge in [0.15, 0.2) is 0 Å². The summed E-state index contributed by atoms with van der Waals surface area (Å²) in [7, 11) is 0. The van der Waals surface area contributed by atoms with E-state index in [1.165, 1.54) is 0 Å². The molecule has 1 aliphatic heterocycles. The summed E-state index contributed by atoms with van der Waals surface area (Å²) >= 11 is 0. The van der Waals surface area contributed by atoms with E-state index in [4.69, 9.17) is 4.84 Å². The zero-order chi connectivity index (χ0) is 14.6. The Morgan fingerprint density at radius 2 is 2.05 bits per heavy atom. The van der Waals surface area contributed by atoms with Crippen molar-refractivity contribution in [3.05, 3.63) is 35.9 Å². The standard InChI is InChI=1S/C16H24N2O2/c1-4-18(12-16(2,3)19)11-14-10-15(17-20-14)13-8-6-5-7-9-13/h5-9,14,19H,4,10-12H2,1-3H3/t14-/m1/s1. The van der Waals surface area contributed by atoms with Crippen molar-refractivity contribution in [1.29, 1.82) is 0 Å². The number of hydrogen-bond donors (Lipinski definition) is 1. The van der Waals surface area contributed by atoms with Gasteiger partial charge in [0.05, 0.1) is 11.3 Å². The molecule has 0 saturated carbocycles. The first kappa shape index (κ1) is 15.0. The van der Waals surface area contributed by atoms with Crippen LogP contribution in [-0.2, 0) is 4.84 Å². The molecule has 0 aliphatic carbocycles. The summed E-state index contributed by atoms with van der Waals surface area (Å²) in [6.45, 7) is 8.09. The summed E-state index contributed by atoms with van der Waals surface area (Å²) in [6.07, 6.45) is 0.902. The van der Waals surface area contributed by atoms with E-state index in [0.717, 1.165) is 30.8 Å². The summed E-state index contributed by atoms with van der Waals surface area (Å²) in [4.78, 5) is 7.73. The van der Waals surface area contributed by atoms with Crippen molar-refractivity contribution in [2.75, 3.05) is 19.6 Å². The fourth-order valence-electron chi connectivity index (χ4n) is 2.47. The SMILES string of the molecule is CCN(C[C@H]1CC(c2ccccc2)=NO1)CC(C)(C)O. The van der Waals surface area contributed by atoms with Crippen LogP contribution in [0.5, 0.6) is 0 Å². The molecule has 1 aromatic carbocycles. The van der Waals surface area contributed by atoms with Gasteiger partial charge in [0.25, 0.3) is 0 Å². The van der Waals surface area contributed by atoms with Crippen LogP contribution in [0, 0.1) is 0 Å². The summed E-state index contributed by atoms with van der Waals surface area (Å²) < 4.78 is 0. The van der Waals surface area contributed by atoms with Gasteiger partial charge in [0.2, 0.25) is 0 Å². The monoisotopic (exact) mass is 276 g/mol. The lowest BCUT2D eigenvalue weighted by Gasteiger charge is -2.29. The van der Waals surface area contributed by atoms with Crippen LogP contribution in [-0.4, -0.2) is 47.1 Å². The first-order valence-electron chi connectivity index (χ1n) is 7.21. The summed E-state index contributed by atoms with van der Waals surface area (Å²) in [5, 5.41) is 14.1. The molecule has 0 saturated heterocycles. The van der Waals surface area contributed by atoms with Crippen LogP contribution in [0.3, 0.4) is 0 Å². The second-order valence-electron chi connectivity index (χ2n) is 5.98. The Labute approximate surface area is 121 Å². The fraction of sp³-hybridized carbons (Fsp3) is 0.562. The van der Waals surface area contributed by atoms with Crippen molar-refractivity contribution >= 4 is 5.71 Å². The van der Waals surface area contributed by atoms with Gasteiger partial charge >= 0.3 is 0 Å². The predicted molar refractivity (Wildman–Crippen MR) is 80.9 cm³/mol. The normalized spacial score (nSPS) is 19.1. The Kier molecular flexibility index (Phi) is 4.78. The van der Waals surface area contributed by atoms with E-state index in [0.29, 0.717) is 6.54 Å². The van der Waals surface area contributed by atoms with Crippen LogP contribution in [0.1, 0.15) is 32.8 Å². The van der Waals surface area contributed by atoms with Crippen LogP contribution in [0.2, 0.25) is 0 Å². The second kappa shape index (κ2) is 6.37. The topological polar surface area (TPSA) is 45.1 Å². The molecule has 0 aromatic heterocycles. The largest absolute Gasteiger partial charge is 0.390 e. The maximum absolute atomic E-state index is 9.91. The van der Waals surface area contributed by atoms with E-state index >= 15 is 0 Å². The highest BCUT2D eigenvalue weighted by molar-refractivity contribution is 6.01. The molecule has 0 spiro atoms. The minimum Gasteiger partial charge on any atom is -0.390 e. The third-order valence-corrected chi connectivity index (χ3v) is 3.36. The quantitative estimate of drug-likeness (QED) is 0.867. The Hall–Kier alpha value is -1.39. The first-order valence-corrected chi connectivity index (χ1v) is 7.21. The van der Waals surface area contributed by atoms with Crippen molar-refractivity contribution in [2.24, 2.45) is 5.16 Å². The van der Waals surface area contributed by atoms with Gasteiger partial charge in [-0.15, -0.1) is 0 Å². The van der Waals surface area contributed by atoms with Gasteiger partial charge in [-0.05, 0) is 26.0 Å². The van der Waals surface area contributed by atoms with Crippen molar-refractivity contribution < 1.29 is 9.94 Å². The van der Waals surface area contributed by atoms with Gasteiger partial charge in [0.1, 0.15) is 6.10 Å². The Morgan fingerprint density at radius 3 is 2.65 bits per heavy atom. The van der Waals surface area contributed by atoms with E-state index < -0.39 is 5.60 Å². The highest BCUT2D eigenvalue weighted by atomic mass is 16.6. The molecule has 2 rings (SSSR count). The molecule has 4 heteroatoms. The smallest absolute Gasteiger partial charge is 0.145 e. The summed E-state index contributed by atoms with van der Waals surface area (Å²) in [5.74, 6) is 0. The average Bonchev–Trinajstić information content (AvgIpc) is 2.86. The molecule has 1 atom stereocenters. The Balaban J connectivity index is 1.88. The Bertz CT molecular complexity index is 451. The molecule has 110 valence electrons. The number of rotatable bonds is 6. The van der Waals surface area contributed by atoms with Crippen LogP contribution < -0.4 is 0 Å². The van der Waals surface area contributed by atoms with Gasteiger partial charge < -0.3 is 9.94 Å². The molecule has 0 amide bonds. The lowest BCUT2D eigenvalue weighted by atomic mass is 10.0. The maximum Gasteiger partial charge on any atom is 0.145 e. The molecule has 4 nitrogen and oxygen atoms in total. The van der Waals surface area contributed by atoms with Gasteiger partial charge in [0, 0.05) is 19.5 Å². The van der Waals surface area contributed by atoms with Crippen LogP contribution >= 0.6 is 0 Å². The van der Waals surface area contributed by atoms with E-state index in [2.05, 4.69) is 29.1 Å². The van der Waals surface area contributed by atoms with E-state index in [1.807, 2.05) is 32.0 Å². The maximum atomic E-state index is 9.91. The molecule has 20 heavy (non-hydrogen) atoms. The zero-order valence-electron chi connectivity index (χ0n) is 12.5. The molecule has 0 fully saturated rings. The fourth-order valence-corrected chi connectivity index (χ4v) is 2.47. The third-order valence-electron chi connectivity index (χ3n) is 3.36. The van der Waals surface area contributed by atoms with E-state index in [1.54, 1.807) is 0 Å². The molecule has 1 aromatic rings. The lowest BCUT2D eigenvalue weighted by molar-refractivity contribution is 0.00699. The first-order chi connectivity index (χ1) is 9.48. The summed E-state index contributed by atoms with van der Waals surface area (Å²) in [6, 6.07) is 10.1. The molecule has 0 unspecified atom stereocenters. The molecule has 0 bridgehead atoms. The Morgan fingerprint density at radius 1 is 1.35 bits per heavy atom. The van der Waals surface area contributed by atoms with Gasteiger partial charge in [-0.3, -0.25) is 4.90 Å². The third kappa shape index (κ3) is 4.32. The number of nitrogens with zero attached hydrogens (tertiary/aromatic N) is 2. The van der Waals surface area contributed by atoms with E-state index in [9.17, 15) is 5.11 Å². The molecular weight excluding hydrogens is 252 g/mol. The molecule has 1 aliphatic rings. The lowest BCUT2D eigenvalue weighted by Crippen LogP contribution is -2.42. The molecule has 1 heterocycles. The number of aliphatic hydroxyl groups is 1. The van der Waals surface area contributed by atoms with E-state index in [-0.39, 0.29) is 6.10 Å². The van der Waals surface area contributed by atoms with Crippen molar-refractivity contribution in [1.82, 2.24) is 4.90 Å². The minimum atomic E-state index is -0.683.